The second-order valence-corrected chi connectivity index (χ2v) is 3.49. The van der Waals surface area contributed by atoms with Crippen LogP contribution in [-0.2, 0) is 0 Å². The SMILES string of the molecule is C=Cc1ccc2ccccc2c1/C=C\C.CC. The van der Waals surface area contributed by atoms with Crippen LogP contribution in [0.2, 0.25) is 0 Å². The van der Waals surface area contributed by atoms with E-state index in [4.69, 9.17) is 0 Å². The minimum atomic E-state index is 1.19. The van der Waals surface area contributed by atoms with Crippen LogP contribution in [0.1, 0.15) is 31.9 Å². The van der Waals surface area contributed by atoms with E-state index in [0.29, 0.717) is 0 Å². The molecule has 0 N–H and O–H groups in total. The summed E-state index contributed by atoms with van der Waals surface area (Å²) in [6.45, 7) is 9.88. The molecule has 0 aliphatic carbocycles. The monoisotopic (exact) mass is 224 g/mol. The Labute approximate surface area is 104 Å². The van der Waals surface area contributed by atoms with Gasteiger partial charge in [-0.05, 0) is 28.8 Å². The number of hydrogen-bond donors (Lipinski definition) is 0. The molecule has 0 saturated heterocycles. The third-order valence-corrected chi connectivity index (χ3v) is 2.56. The fourth-order valence-electron chi connectivity index (χ4n) is 1.84. The normalized spacial score (nSPS) is 10.1. The second-order valence-electron chi connectivity index (χ2n) is 3.49. The van der Waals surface area contributed by atoms with Crippen molar-refractivity contribution in [3.63, 3.8) is 0 Å². The molecule has 0 radical (unpaired) electrons. The van der Waals surface area contributed by atoms with Gasteiger partial charge in [-0.1, -0.05) is 75.1 Å². The van der Waals surface area contributed by atoms with Gasteiger partial charge < -0.3 is 0 Å². The lowest BCUT2D eigenvalue weighted by Crippen LogP contribution is -1.83. The molecule has 0 aliphatic heterocycles. The van der Waals surface area contributed by atoms with Gasteiger partial charge in [0.15, 0.2) is 0 Å². The van der Waals surface area contributed by atoms with Crippen molar-refractivity contribution >= 4 is 22.9 Å². The Hall–Kier alpha value is -1.82. The van der Waals surface area contributed by atoms with Crippen LogP contribution >= 0.6 is 0 Å². The third kappa shape index (κ3) is 2.85. The van der Waals surface area contributed by atoms with E-state index in [-0.39, 0.29) is 0 Å². The summed E-state index contributed by atoms with van der Waals surface area (Å²) in [6, 6.07) is 12.7. The molecule has 0 unspecified atom stereocenters. The van der Waals surface area contributed by atoms with Crippen molar-refractivity contribution in [3.8, 4) is 0 Å². The maximum atomic E-state index is 3.85. The number of hydrogen-bond acceptors (Lipinski definition) is 0. The van der Waals surface area contributed by atoms with Crippen LogP contribution in [0.5, 0.6) is 0 Å². The first-order valence-electron chi connectivity index (χ1n) is 6.13. The quantitative estimate of drug-likeness (QED) is 0.628. The van der Waals surface area contributed by atoms with Crippen LogP contribution in [0.25, 0.3) is 22.9 Å². The van der Waals surface area contributed by atoms with Crippen LogP contribution in [0, 0.1) is 0 Å². The summed E-state index contributed by atoms with van der Waals surface area (Å²) in [7, 11) is 0. The van der Waals surface area contributed by atoms with Gasteiger partial charge in [-0.25, -0.2) is 0 Å². The number of fused-ring (bicyclic) bond motifs is 1. The molecule has 0 atom stereocenters. The number of rotatable bonds is 2. The summed E-state index contributed by atoms with van der Waals surface area (Å²) in [6.07, 6.45) is 6.11. The molecule has 0 bridgehead atoms. The summed E-state index contributed by atoms with van der Waals surface area (Å²) in [4.78, 5) is 0. The van der Waals surface area contributed by atoms with Crippen LogP contribution in [-0.4, -0.2) is 0 Å². The van der Waals surface area contributed by atoms with Crippen LogP contribution in [0.3, 0.4) is 0 Å². The van der Waals surface area contributed by atoms with Crippen LogP contribution in [0.4, 0.5) is 0 Å². The van der Waals surface area contributed by atoms with E-state index in [1.54, 1.807) is 0 Å². The molecule has 2 rings (SSSR count). The number of allylic oxidation sites excluding steroid dienone is 1. The lowest BCUT2D eigenvalue weighted by atomic mass is 9.98. The third-order valence-electron chi connectivity index (χ3n) is 2.56. The molecule has 0 amide bonds. The van der Waals surface area contributed by atoms with E-state index in [1.807, 2.05) is 26.8 Å². The molecule has 0 saturated carbocycles. The van der Waals surface area contributed by atoms with E-state index in [9.17, 15) is 0 Å². The Kier molecular flexibility index (Phi) is 5.22. The van der Waals surface area contributed by atoms with Gasteiger partial charge in [0.1, 0.15) is 0 Å². The summed E-state index contributed by atoms with van der Waals surface area (Å²) in [5.74, 6) is 0. The molecular weight excluding hydrogens is 204 g/mol. The predicted octanol–water partition coefficient (Wildman–Crippen LogP) is 5.54. The van der Waals surface area contributed by atoms with Gasteiger partial charge in [0.25, 0.3) is 0 Å². The Bertz CT molecular complexity index is 519. The highest BCUT2D eigenvalue weighted by molar-refractivity contribution is 5.93. The van der Waals surface area contributed by atoms with E-state index < -0.39 is 0 Å². The van der Waals surface area contributed by atoms with Crippen molar-refractivity contribution < 1.29 is 0 Å². The Morgan fingerprint density at radius 2 is 1.71 bits per heavy atom. The van der Waals surface area contributed by atoms with Gasteiger partial charge >= 0.3 is 0 Å². The average Bonchev–Trinajstić information content (AvgIpc) is 2.42. The van der Waals surface area contributed by atoms with E-state index >= 15 is 0 Å². The largest absolute Gasteiger partial charge is 0.0984 e. The molecule has 0 heterocycles. The topological polar surface area (TPSA) is 0 Å². The van der Waals surface area contributed by atoms with Gasteiger partial charge in [-0.2, -0.15) is 0 Å². The fourth-order valence-corrected chi connectivity index (χ4v) is 1.84. The summed E-state index contributed by atoms with van der Waals surface area (Å²) < 4.78 is 0. The van der Waals surface area contributed by atoms with Crippen molar-refractivity contribution in [2.75, 3.05) is 0 Å². The summed E-state index contributed by atoms with van der Waals surface area (Å²) in [5, 5.41) is 2.56. The first-order chi connectivity index (χ1) is 8.36. The molecule has 2 aromatic carbocycles. The fraction of sp³-hybridized carbons (Fsp3) is 0.176. The van der Waals surface area contributed by atoms with E-state index in [2.05, 4.69) is 55.1 Å². The van der Waals surface area contributed by atoms with E-state index in [0.717, 1.165) is 0 Å². The molecule has 0 nitrogen and oxygen atoms in total. The second kappa shape index (κ2) is 6.70. The van der Waals surface area contributed by atoms with Gasteiger partial charge in [0.05, 0.1) is 0 Å². The summed E-state index contributed by atoms with van der Waals surface area (Å²) in [5.41, 5.74) is 2.44. The van der Waals surface area contributed by atoms with Crippen molar-refractivity contribution in [1.82, 2.24) is 0 Å². The predicted molar refractivity (Wildman–Crippen MR) is 80.1 cm³/mol. The molecule has 0 spiro atoms. The van der Waals surface area contributed by atoms with Crippen molar-refractivity contribution in [2.45, 2.75) is 20.8 Å². The standard InChI is InChI=1S/C15H14.C2H6/c1-3-7-14-12(4-2)10-11-13-8-5-6-9-15(13)14;1-2/h3-11H,2H2,1H3;1-2H3/b7-3-;. The molecule has 17 heavy (non-hydrogen) atoms. The van der Waals surface area contributed by atoms with Crippen molar-refractivity contribution in [3.05, 3.63) is 60.2 Å². The molecular formula is C17H20. The minimum absolute atomic E-state index is 1.19. The Morgan fingerprint density at radius 3 is 2.35 bits per heavy atom. The zero-order valence-corrected chi connectivity index (χ0v) is 10.9. The maximum absolute atomic E-state index is 3.85. The molecule has 88 valence electrons. The highest BCUT2D eigenvalue weighted by atomic mass is 14.0. The van der Waals surface area contributed by atoms with Gasteiger partial charge in [-0.15, -0.1) is 0 Å². The lowest BCUT2D eigenvalue weighted by Gasteiger charge is -2.06. The van der Waals surface area contributed by atoms with Crippen molar-refractivity contribution in [2.24, 2.45) is 0 Å². The number of benzene rings is 2. The zero-order chi connectivity index (χ0) is 12.7. The molecule has 0 heteroatoms. The highest BCUT2D eigenvalue weighted by Crippen LogP contribution is 2.24. The zero-order valence-electron chi connectivity index (χ0n) is 10.9. The maximum Gasteiger partial charge on any atom is -0.0106 e. The average molecular weight is 224 g/mol. The first-order valence-corrected chi connectivity index (χ1v) is 6.13. The smallest absolute Gasteiger partial charge is 0.0106 e. The van der Waals surface area contributed by atoms with E-state index in [1.165, 1.54) is 21.9 Å². The van der Waals surface area contributed by atoms with Gasteiger partial charge in [-0.3, -0.25) is 0 Å². The van der Waals surface area contributed by atoms with Crippen LogP contribution < -0.4 is 0 Å². The lowest BCUT2D eigenvalue weighted by molar-refractivity contribution is 1.50. The highest BCUT2D eigenvalue weighted by Gasteiger charge is 2.01. The van der Waals surface area contributed by atoms with Crippen LogP contribution in [0.15, 0.2) is 49.1 Å². The minimum Gasteiger partial charge on any atom is -0.0984 e. The first kappa shape index (κ1) is 13.2. The van der Waals surface area contributed by atoms with Gasteiger partial charge in [0, 0.05) is 0 Å². The molecule has 0 aliphatic rings. The Morgan fingerprint density at radius 1 is 1.00 bits per heavy atom. The van der Waals surface area contributed by atoms with Crippen molar-refractivity contribution in [1.29, 1.82) is 0 Å². The molecule has 0 fully saturated rings. The van der Waals surface area contributed by atoms with Gasteiger partial charge in [0.2, 0.25) is 0 Å². The molecule has 0 aromatic heterocycles. The summed E-state index contributed by atoms with van der Waals surface area (Å²) >= 11 is 0. The molecule has 2 aromatic rings. The Balaban J connectivity index is 0.000000686.